The molecule has 1 aromatic heterocycles. The Morgan fingerprint density at radius 3 is 2.65 bits per heavy atom. The molecule has 1 aliphatic rings. The third-order valence-electron chi connectivity index (χ3n) is 4.40. The lowest BCUT2D eigenvalue weighted by molar-refractivity contribution is 0.359. The van der Waals surface area contributed by atoms with E-state index in [1.807, 2.05) is 38.1 Å². The largest absolute Gasteiger partial charge is 0.497 e. The summed E-state index contributed by atoms with van der Waals surface area (Å²) in [6, 6.07) is 7.46. The number of fused-ring (bicyclic) bond motifs is 1. The Kier molecular flexibility index (Phi) is 3.93. The van der Waals surface area contributed by atoms with E-state index in [-0.39, 0.29) is 10.3 Å². The smallest absolute Gasteiger partial charge is 0.246 e. The van der Waals surface area contributed by atoms with E-state index >= 15 is 0 Å². The van der Waals surface area contributed by atoms with E-state index in [1.54, 1.807) is 7.11 Å². The standard InChI is InChI=1S/C16H21N3O3S/c1-16(2)8-9-19(11-12-4-6-13(22-3)7-5-12)23(20,21)14-10-17-18-15(14)16/h4-7,10H,8-9,11H2,1-3H3,(H,17,18). The molecule has 6 nitrogen and oxygen atoms in total. The highest BCUT2D eigenvalue weighted by atomic mass is 32.2. The van der Waals surface area contributed by atoms with Crippen molar-refractivity contribution in [2.24, 2.45) is 0 Å². The highest BCUT2D eigenvalue weighted by Gasteiger charge is 2.38. The van der Waals surface area contributed by atoms with Crippen LogP contribution in [0.2, 0.25) is 0 Å². The number of aromatic amines is 1. The molecule has 1 aliphatic heterocycles. The molecule has 1 aromatic carbocycles. The third-order valence-corrected chi connectivity index (χ3v) is 6.26. The predicted octanol–water partition coefficient (Wildman–Crippen LogP) is 2.29. The molecule has 0 unspecified atom stereocenters. The van der Waals surface area contributed by atoms with E-state index in [4.69, 9.17) is 4.74 Å². The molecule has 7 heteroatoms. The van der Waals surface area contributed by atoms with Crippen LogP contribution in [0, 0.1) is 0 Å². The zero-order valence-corrected chi connectivity index (χ0v) is 14.4. The maximum absolute atomic E-state index is 12.9. The van der Waals surface area contributed by atoms with Gasteiger partial charge < -0.3 is 4.74 Å². The summed E-state index contributed by atoms with van der Waals surface area (Å²) in [6.45, 7) is 4.89. The van der Waals surface area contributed by atoms with Crippen LogP contribution >= 0.6 is 0 Å². The van der Waals surface area contributed by atoms with Crippen molar-refractivity contribution in [1.29, 1.82) is 0 Å². The molecule has 0 saturated carbocycles. The van der Waals surface area contributed by atoms with Gasteiger partial charge >= 0.3 is 0 Å². The first-order valence-electron chi connectivity index (χ1n) is 7.51. The second-order valence-corrected chi connectivity index (χ2v) is 8.34. The molecule has 1 N–H and O–H groups in total. The van der Waals surface area contributed by atoms with Crippen LogP contribution in [0.25, 0.3) is 0 Å². The van der Waals surface area contributed by atoms with Gasteiger partial charge in [-0.05, 0) is 24.1 Å². The van der Waals surface area contributed by atoms with Gasteiger partial charge in [-0.3, -0.25) is 5.10 Å². The molecule has 0 aliphatic carbocycles. The van der Waals surface area contributed by atoms with Gasteiger partial charge in [0.05, 0.1) is 19.0 Å². The molecule has 0 bridgehead atoms. The fourth-order valence-corrected chi connectivity index (χ4v) is 4.54. The third kappa shape index (κ3) is 2.86. The molecule has 3 rings (SSSR count). The Bertz CT molecular complexity index is 794. The van der Waals surface area contributed by atoms with Gasteiger partial charge in [-0.1, -0.05) is 26.0 Å². The lowest BCUT2D eigenvalue weighted by Gasteiger charge is -2.22. The topological polar surface area (TPSA) is 75.3 Å². The average molecular weight is 335 g/mol. The molecule has 23 heavy (non-hydrogen) atoms. The fourth-order valence-electron chi connectivity index (χ4n) is 2.84. The van der Waals surface area contributed by atoms with Crippen molar-refractivity contribution in [2.75, 3.05) is 13.7 Å². The van der Waals surface area contributed by atoms with Crippen LogP contribution in [0.3, 0.4) is 0 Å². The van der Waals surface area contributed by atoms with Crippen molar-refractivity contribution in [3.05, 3.63) is 41.7 Å². The van der Waals surface area contributed by atoms with Crippen LogP contribution < -0.4 is 4.74 Å². The van der Waals surface area contributed by atoms with Gasteiger partial charge in [0.1, 0.15) is 10.6 Å². The number of H-pyrrole nitrogens is 1. The molecule has 0 fully saturated rings. The van der Waals surface area contributed by atoms with Crippen LogP contribution in [0.15, 0.2) is 35.4 Å². The van der Waals surface area contributed by atoms with Crippen LogP contribution in [0.1, 0.15) is 31.5 Å². The summed E-state index contributed by atoms with van der Waals surface area (Å²) in [5, 5.41) is 6.82. The monoisotopic (exact) mass is 335 g/mol. The normalized spacial score (nSPS) is 19.8. The van der Waals surface area contributed by atoms with E-state index in [0.717, 1.165) is 17.7 Å². The molecule has 0 radical (unpaired) electrons. The summed E-state index contributed by atoms with van der Waals surface area (Å²) in [5.41, 5.74) is 1.36. The molecule has 2 heterocycles. The molecule has 0 atom stereocenters. The molecule has 2 aromatic rings. The lowest BCUT2D eigenvalue weighted by Crippen LogP contribution is -2.31. The van der Waals surface area contributed by atoms with Crippen molar-refractivity contribution in [3.63, 3.8) is 0 Å². The summed E-state index contributed by atoms with van der Waals surface area (Å²) >= 11 is 0. The molecular weight excluding hydrogens is 314 g/mol. The highest BCUT2D eigenvalue weighted by molar-refractivity contribution is 7.89. The van der Waals surface area contributed by atoms with Gasteiger partial charge in [0.15, 0.2) is 0 Å². The maximum atomic E-state index is 12.9. The first-order valence-corrected chi connectivity index (χ1v) is 8.95. The van der Waals surface area contributed by atoms with E-state index < -0.39 is 10.0 Å². The van der Waals surface area contributed by atoms with Crippen LogP contribution in [-0.4, -0.2) is 36.6 Å². The molecule has 124 valence electrons. The Morgan fingerprint density at radius 1 is 1.30 bits per heavy atom. The summed E-state index contributed by atoms with van der Waals surface area (Å²) in [7, 11) is -1.94. The molecule has 0 saturated heterocycles. The summed E-state index contributed by atoms with van der Waals surface area (Å²) in [4.78, 5) is 0.286. The fraction of sp³-hybridized carbons (Fsp3) is 0.438. The van der Waals surface area contributed by atoms with Crippen LogP contribution in [0.5, 0.6) is 5.75 Å². The van der Waals surface area contributed by atoms with Crippen molar-refractivity contribution in [1.82, 2.24) is 14.5 Å². The number of benzene rings is 1. The van der Waals surface area contributed by atoms with Crippen molar-refractivity contribution >= 4 is 10.0 Å². The number of nitrogens with zero attached hydrogens (tertiary/aromatic N) is 2. The Labute approximate surface area is 136 Å². The number of nitrogens with one attached hydrogen (secondary N) is 1. The van der Waals surface area contributed by atoms with Gasteiger partial charge in [-0.15, -0.1) is 0 Å². The molecule has 0 spiro atoms. The predicted molar refractivity (Wildman–Crippen MR) is 86.8 cm³/mol. The first-order chi connectivity index (χ1) is 10.8. The number of rotatable bonds is 3. The van der Waals surface area contributed by atoms with Crippen molar-refractivity contribution in [2.45, 2.75) is 37.1 Å². The number of methoxy groups -OCH3 is 1. The highest BCUT2D eigenvalue weighted by Crippen LogP contribution is 2.36. The van der Waals surface area contributed by atoms with Gasteiger partial charge in [0, 0.05) is 18.5 Å². The summed E-state index contributed by atoms with van der Waals surface area (Å²) in [6.07, 6.45) is 2.15. The van der Waals surface area contributed by atoms with Gasteiger partial charge in [-0.25, -0.2) is 8.42 Å². The van der Waals surface area contributed by atoms with Gasteiger partial charge in [-0.2, -0.15) is 9.40 Å². The van der Waals surface area contributed by atoms with Crippen LogP contribution in [0.4, 0.5) is 0 Å². The maximum Gasteiger partial charge on any atom is 0.246 e. The Hall–Kier alpha value is -1.86. The second-order valence-electron chi connectivity index (χ2n) is 6.43. The first kappa shape index (κ1) is 16.0. The van der Waals surface area contributed by atoms with Crippen molar-refractivity contribution in [3.8, 4) is 5.75 Å². The molecular formula is C16H21N3O3S. The van der Waals surface area contributed by atoms with Crippen molar-refractivity contribution < 1.29 is 13.2 Å². The zero-order valence-electron chi connectivity index (χ0n) is 13.5. The molecule has 0 amide bonds. The Morgan fingerprint density at radius 2 is 2.00 bits per heavy atom. The minimum absolute atomic E-state index is 0.256. The average Bonchev–Trinajstić information content (AvgIpc) is 3.01. The number of aromatic nitrogens is 2. The van der Waals surface area contributed by atoms with E-state index in [2.05, 4.69) is 10.2 Å². The quantitative estimate of drug-likeness (QED) is 0.934. The Balaban J connectivity index is 1.94. The zero-order chi connectivity index (χ0) is 16.7. The minimum atomic E-state index is -3.55. The van der Waals surface area contributed by atoms with E-state index in [0.29, 0.717) is 18.8 Å². The minimum Gasteiger partial charge on any atom is -0.497 e. The summed E-state index contributed by atoms with van der Waals surface area (Å²) in [5.74, 6) is 0.755. The number of hydrogen-bond acceptors (Lipinski definition) is 4. The van der Waals surface area contributed by atoms with E-state index in [9.17, 15) is 8.42 Å². The lowest BCUT2D eigenvalue weighted by atomic mass is 9.86. The van der Waals surface area contributed by atoms with Crippen LogP contribution in [-0.2, 0) is 22.0 Å². The van der Waals surface area contributed by atoms with Gasteiger partial charge in [0.2, 0.25) is 10.0 Å². The number of sulfonamides is 1. The van der Waals surface area contributed by atoms with Gasteiger partial charge in [0.25, 0.3) is 0 Å². The number of hydrogen-bond donors (Lipinski definition) is 1. The SMILES string of the molecule is COc1ccc(CN2CCC(C)(C)c3[nH]ncc3S2(=O)=O)cc1. The van der Waals surface area contributed by atoms with E-state index in [1.165, 1.54) is 10.5 Å². The summed E-state index contributed by atoms with van der Waals surface area (Å²) < 4.78 is 32.5. The second kappa shape index (κ2) is 5.65. The number of ether oxygens (including phenoxy) is 1.